The van der Waals surface area contributed by atoms with Gasteiger partial charge in [-0.25, -0.2) is 0 Å². The van der Waals surface area contributed by atoms with Crippen LogP contribution in [-0.4, -0.2) is 21.1 Å². The van der Waals surface area contributed by atoms with Gasteiger partial charge in [0.15, 0.2) is 4.77 Å². The second-order valence-corrected chi connectivity index (χ2v) is 6.16. The Kier molecular flexibility index (Phi) is 3.26. The van der Waals surface area contributed by atoms with Crippen LogP contribution < -0.4 is 5.56 Å². The largest absolute Gasteiger partial charge is 0.332 e. The number of benzene rings is 1. The molecule has 1 fully saturated rings. The first-order valence-corrected chi connectivity index (χ1v) is 7.61. The number of fused-ring (bicyclic) bond motifs is 1. The van der Waals surface area contributed by atoms with Crippen molar-refractivity contribution in [3.63, 3.8) is 0 Å². The van der Waals surface area contributed by atoms with Crippen LogP contribution in [0.1, 0.15) is 6.42 Å². The van der Waals surface area contributed by atoms with E-state index < -0.39 is 0 Å². The Morgan fingerprint density at radius 2 is 2.28 bits per heavy atom. The minimum absolute atomic E-state index is 0.0336. The highest BCUT2D eigenvalue weighted by atomic mass is 32.2. The molecule has 0 amide bonds. The van der Waals surface area contributed by atoms with Crippen molar-refractivity contribution in [1.29, 1.82) is 0 Å². The van der Waals surface area contributed by atoms with Crippen LogP contribution in [0.2, 0.25) is 0 Å². The number of para-hydroxylation sites is 1. The Hall–Kier alpha value is -1.07. The molecule has 1 saturated heterocycles. The van der Waals surface area contributed by atoms with E-state index >= 15 is 0 Å². The highest BCUT2D eigenvalue weighted by molar-refractivity contribution is 7.99. The summed E-state index contributed by atoms with van der Waals surface area (Å²) in [7, 11) is 0. The SMILES string of the molecule is O=c1c2ccccc2[nH]c(=S)n1CC1CCSC1. The molecule has 0 bridgehead atoms. The summed E-state index contributed by atoms with van der Waals surface area (Å²) >= 11 is 7.26. The number of rotatable bonds is 2. The number of aromatic amines is 1. The van der Waals surface area contributed by atoms with Crippen molar-refractivity contribution < 1.29 is 0 Å². The van der Waals surface area contributed by atoms with E-state index in [-0.39, 0.29) is 5.56 Å². The molecule has 3 rings (SSSR count). The molecule has 18 heavy (non-hydrogen) atoms. The molecular weight excluding hydrogens is 264 g/mol. The lowest BCUT2D eigenvalue weighted by Crippen LogP contribution is -2.25. The van der Waals surface area contributed by atoms with Gasteiger partial charge >= 0.3 is 0 Å². The van der Waals surface area contributed by atoms with Gasteiger partial charge in [-0.2, -0.15) is 11.8 Å². The maximum atomic E-state index is 12.4. The van der Waals surface area contributed by atoms with E-state index in [9.17, 15) is 4.79 Å². The van der Waals surface area contributed by atoms with Crippen LogP contribution >= 0.6 is 24.0 Å². The van der Waals surface area contributed by atoms with Gasteiger partial charge in [-0.1, -0.05) is 12.1 Å². The fourth-order valence-electron chi connectivity index (χ4n) is 2.35. The first-order chi connectivity index (χ1) is 8.75. The molecule has 1 aliphatic rings. The van der Waals surface area contributed by atoms with E-state index in [2.05, 4.69) is 4.98 Å². The normalized spacial score (nSPS) is 19.4. The van der Waals surface area contributed by atoms with E-state index in [1.165, 1.54) is 12.2 Å². The molecule has 5 heteroatoms. The first-order valence-electron chi connectivity index (χ1n) is 6.05. The zero-order valence-electron chi connectivity index (χ0n) is 9.89. The smallest absolute Gasteiger partial charge is 0.262 e. The van der Waals surface area contributed by atoms with Crippen LogP contribution in [0.4, 0.5) is 0 Å². The van der Waals surface area contributed by atoms with E-state index in [4.69, 9.17) is 12.2 Å². The molecule has 0 saturated carbocycles. The predicted octanol–water partition coefficient (Wildman–Crippen LogP) is 2.81. The van der Waals surface area contributed by atoms with Crippen molar-refractivity contribution in [2.24, 2.45) is 5.92 Å². The highest BCUT2D eigenvalue weighted by Crippen LogP contribution is 2.24. The molecule has 1 aliphatic heterocycles. The fourth-order valence-corrected chi connectivity index (χ4v) is 3.89. The van der Waals surface area contributed by atoms with Gasteiger partial charge in [0.1, 0.15) is 0 Å². The second kappa shape index (κ2) is 4.90. The van der Waals surface area contributed by atoms with Gasteiger partial charge in [-0.15, -0.1) is 0 Å². The Morgan fingerprint density at radius 3 is 3.06 bits per heavy atom. The van der Waals surface area contributed by atoms with E-state index in [0.717, 1.165) is 23.2 Å². The van der Waals surface area contributed by atoms with Gasteiger partial charge in [0.05, 0.1) is 10.9 Å². The number of H-pyrrole nitrogens is 1. The van der Waals surface area contributed by atoms with Crippen molar-refractivity contribution >= 4 is 34.9 Å². The Labute approximate surface area is 114 Å². The van der Waals surface area contributed by atoms with Crippen molar-refractivity contribution in [3.8, 4) is 0 Å². The molecule has 2 heterocycles. The van der Waals surface area contributed by atoms with Crippen LogP contribution in [-0.2, 0) is 6.54 Å². The minimum atomic E-state index is 0.0336. The zero-order valence-corrected chi connectivity index (χ0v) is 11.5. The lowest BCUT2D eigenvalue weighted by Gasteiger charge is -2.12. The van der Waals surface area contributed by atoms with E-state index in [0.29, 0.717) is 10.7 Å². The standard InChI is InChI=1S/C13H14N2OS2/c16-12-10-3-1-2-4-11(10)14-13(17)15(12)7-9-5-6-18-8-9/h1-4,9H,5-8H2,(H,14,17). The Morgan fingerprint density at radius 1 is 1.44 bits per heavy atom. The summed E-state index contributed by atoms with van der Waals surface area (Å²) in [5, 5.41) is 0.719. The molecule has 3 nitrogen and oxygen atoms in total. The number of thioether (sulfide) groups is 1. The number of hydrogen-bond acceptors (Lipinski definition) is 3. The van der Waals surface area contributed by atoms with Crippen LogP contribution in [0.15, 0.2) is 29.1 Å². The molecule has 1 unspecified atom stereocenters. The summed E-state index contributed by atoms with van der Waals surface area (Å²) < 4.78 is 2.25. The average Bonchev–Trinajstić information content (AvgIpc) is 2.87. The third kappa shape index (κ3) is 2.12. The van der Waals surface area contributed by atoms with Gasteiger partial charge in [-0.05, 0) is 48.2 Å². The lowest BCUT2D eigenvalue weighted by molar-refractivity contribution is 0.476. The topological polar surface area (TPSA) is 37.8 Å². The van der Waals surface area contributed by atoms with Gasteiger partial charge in [0, 0.05) is 6.54 Å². The molecule has 1 aromatic carbocycles. The summed E-state index contributed by atoms with van der Waals surface area (Å²) in [5.74, 6) is 2.90. The zero-order chi connectivity index (χ0) is 12.5. The monoisotopic (exact) mass is 278 g/mol. The molecule has 1 aromatic heterocycles. The Balaban J connectivity index is 2.11. The molecule has 1 N–H and O–H groups in total. The van der Waals surface area contributed by atoms with E-state index in [1.807, 2.05) is 36.0 Å². The fraction of sp³-hybridized carbons (Fsp3) is 0.385. The third-order valence-corrected chi connectivity index (χ3v) is 4.91. The van der Waals surface area contributed by atoms with Crippen LogP contribution in [0.3, 0.4) is 0 Å². The molecule has 2 aromatic rings. The van der Waals surface area contributed by atoms with Crippen molar-refractivity contribution in [3.05, 3.63) is 39.4 Å². The number of hydrogen-bond donors (Lipinski definition) is 1. The summed E-state index contributed by atoms with van der Waals surface area (Å²) in [4.78, 5) is 15.6. The third-order valence-electron chi connectivity index (χ3n) is 3.35. The van der Waals surface area contributed by atoms with Crippen molar-refractivity contribution in [2.45, 2.75) is 13.0 Å². The molecule has 1 atom stereocenters. The maximum Gasteiger partial charge on any atom is 0.262 e. The number of aromatic nitrogens is 2. The number of nitrogens with one attached hydrogen (secondary N) is 1. The average molecular weight is 278 g/mol. The van der Waals surface area contributed by atoms with Crippen LogP contribution in [0.25, 0.3) is 10.9 Å². The van der Waals surface area contributed by atoms with Crippen molar-refractivity contribution in [2.75, 3.05) is 11.5 Å². The molecule has 94 valence electrons. The number of nitrogens with zero attached hydrogens (tertiary/aromatic N) is 1. The molecular formula is C13H14N2OS2. The van der Waals surface area contributed by atoms with E-state index in [1.54, 1.807) is 4.57 Å². The second-order valence-electron chi connectivity index (χ2n) is 4.62. The van der Waals surface area contributed by atoms with Gasteiger partial charge in [-0.3, -0.25) is 9.36 Å². The molecule has 0 radical (unpaired) electrons. The maximum absolute atomic E-state index is 12.4. The summed E-state index contributed by atoms with van der Waals surface area (Å²) in [5.41, 5.74) is 0.857. The van der Waals surface area contributed by atoms with Gasteiger partial charge in [0.25, 0.3) is 5.56 Å². The summed E-state index contributed by atoms with van der Waals surface area (Å²) in [6.07, 6.45) is 1.18. The predicted molar refractivity (Wildman–Crippen MR) is 78.8 cm³/mol. The quantitative estimate of drug-likeness (QED) is 0.858. The first kappa shape index (κ1) is 12.0. The lowest BCUT2D eigenvalue weighted by atomic mass is 10.1. The summed E-state index contributed by atoms with van der Waals surface area (Å²) in [6, 6.07) is 7.53. The van der Waals surface area contributed by atoms with Crippen LogP contribution in [0.5, 0.6) is 0 Å². The molecule has 0 aliphatic carbocycles. The van der Waals surface area contributed by atoms with Gasteiger partial charge < -0.3 is 4.98 Å². The highest BCUT2D eigenvalue weighted by Gasteiger charge is 2.17. The van der Waals surface area contributed by atoms with Gasteiger partial charge in [0.2, 0.25) is 0 Å². The van der Waals surface area contributed by atoms with Crippen molar-refractivity contribution in [1.82, 2.24) is 9.55 Å². The Bertz CT molecular complexity index is 683. The minimum Gasteiger partial charge on any atom is -0.332 e. The summed E-state index contributed by atoms with van der Waals surface area (Å²) in [6.45, 7) is 0.742. The molecule has 0 spiro atoms. The van der Waals surface area contributed by atoms with Crippen LogP contribution in [0, 0.1) is 10.7 Å².